The summed E-state index contributed by atoms with van der Waals surface area (Å²) in [5.74, 6) is 0.00661. The summed E-state index contributed by atoms with van der Waals surface area (Å²) in [7, 11) is 0. The maximum absolute atomic E-state index is 11.5. The molecule has 0 fully saturated rings. The predicted molar refractivity (Wildman–Crippen MR) is 83.6 cm³/mol. The van der Waals surface area contributed by atoms with Crippen molar-refractivity contribution in [1.29, 1.82) is 0 Å². The first-order valence-electron chi connectivity index (χ1n) is 6.84. The van der Waals surface area contributed by atoms with Crippen molar-refractivity contribution in [3.8, 4) is 11.1 Å². The second kappa shape index (κ2) is 6.75. The third-order valence-electron chi connectivity index (χ3n) is 2.89. The van der Waals surface area contributed by atoms with Crippen molar-refractivity contribution in [2.45, 2.75) is 19.9 Å². The Labute approximate surface area is 120 Å². The van der Waals surface area contributed by atoms with Crippen molar-refractivity contribution in [2.24, 2.45) is 0 Å². The summed E-state index contributed by atoms with van der Waals surface area (Å²) in [5, 5.41) is 5.97. The second-order valence-corrected chi connectivity index (χ2v) is 5.02. The summed E-state index contributed by atoms with van der Waals surface area (Å²) in [6.45, 7) is 4.20. The molecule has 0 unspecified atom stereocenters. The van der Waals surface area contributed by atoms with Gasteiger partial charge in [-0.05, 0) is 37.1 Å². The van der Waals surface area contributed by atoms with Crippen LogP contribution in [0, 0.1) is 0 Å². The summed E-state index contributed by atoms with van der Waals surface area (Å²) in [5.41, 5.74) is 3.31. The molecule has 1 amide bonds. The van der Waals surface area contributed by atoms with Gasteiger partial charge >= 0.3 is 0 Å². The van der Waals surface area contributed by atoms with E-state index in [-0.39, 0.29) is 11.9 Å². The van der Waals surface area contributed by atoms with E-state index in [2.05, 4.69) is 34.9 Å². The van der Waals surface area contributed by atoms with Crippen LogP contribution < -0.4 is 10.6 Å². The quantitative estimate of drug-likeness (QED) is 0.873. The topological polar surface area (TPSA) is 41.1 Å². The molecule has 2 rings (SSSR count). The molecule has 0 aromatic heterocycles. The lowest BCUT2D eigenvalue weighted by molar-refractivity contribution is -0.119. The van der Waals surface area contributed by atoms with Crippen LogP contribution in [-0.2, 0) is 4.79 Å². The van der Waals surface area contributed by atoms with E-state index in [0.29, 0.717) is 6.54 Å². The van der Waals surface area contributed by atoms with E-state index in [1.165, 1.54) is 11.1 Å². The number of nitrogens with one attached hydrogen (secondary N) is 2. The largest absolute Gasteiger partial charge is 0.376 e. The summed E-state index contributed by atoms with van der Waals surface area (Å²) in [4.78, 5) is 11.5. The number of hydrogen-bond acceptors (Lipinski definition) is 2. The monoisotopic (exact) mass is 268 g/mol. The smallest absolute Gasteiger partial charge is 0.239 e. The van der Waals surface area contributed by atoms with Crippen LogP contribution in [0.4, 0.5) is 5.69 Å². The van der Waals surface area contributed by atoms with Crippen LogP contribution >= 0.6 is 0 Å². The number of anilines is 1. The van der Waals surface area contributed by atoms with Gasteiger partial charge in [0.05, 0.1) is 6.54 Å². The fraction of sp³-hybridized carbons (Fsp3) is 0.235. The fourth-order valence-electron chi connectivity index (χ4n) is 1.97. The van der Waals surface area contributed by atoms with Crippen LogP contribution in [0.3, 0.4) is 0 Å². The van der Waals surface area contributed by atoms with Gasteiger partial charge in [0.2, 0.25) is 5.91 Å². The molecular formula is C17H20N2O. The zero-order chi connectivity index (χ0) is 14.4. The zero-order valence-corrected chi connectivity index (χ0v) is 11.9. The van der Waals surface area contributed by atoms with E-state index in [1.807, 2.05) is 44.2 Å². The number of benzene rings is 2. The van der Waals surface area contributed by atoms with Crippen molar-refractivity contribution in [3.63, 3.8) is 0 Å². The highest BCUT2D eigenvalue weighted by Crippen LogP contribution is 2.20. The lowest BCUT2D eigenvalue weighted by atomic mass is 10.1. The average Bonchev–Trinajstić information content (AvgIpc) is 2.46. The summed E-state index contributed by atoms with van der Waals surface area (Å²) >= 11 is 0. The van der Waals surface area contributed by atoms with E-state index in [9.17, 15) is 4.79 Å². The molecule has 2 aromatic rings. The molecule has 0 aliphatic heterocycles. The van der Waals surface area contributed by atoms with Gasteiger partial charge in [0, 0.05) is 11.7 Å². The maximum atomic E-state index is 11.5. The molecule has 0 aliphatic carbocycles. The number of rotatable bonds is 5. The number of carbonyl (C=O) groups excluding carboxylic acids is 1. The molecule has 3 heteroatoms. The Morgan fingerprint density at radius 1 is 0.950 bits per heavy atom. The molecule has 0 bridgehead atoms. The van der Waals surface area contributed by atoms with Gasteiger partial charge in [-0.2, -0.15) is 0 Å². The lowest BCUT2D eigenvalue weighted by Gasteiger charge is -2.10. The van der Waals surface area contributed by atoms with Crippen LogP contribution in [0.1, 0.15) is 13.8 Å². The number of amides is 1. The summed E-state index contributed by atoms with van der Waals surface area (Å²) in [6.07, 6.45) is 0. The predicted octanol–water partition coefficient (Wildman–Crippen LogP) is 3.29. The van der Waals surface area contributed by atoms with Crippen molar-refractivity contribution < 1.29 is 4.79 Å². The van der Waals surface area contributed by atoms with E-state index in [1.54, 1.807) is 0 Å². The number of carbonyl (C=O) groups is 1. The van der Waals surface area contributed by atoms with Gasteiger partial charge in [-0.3, -0.25) is 4.79 Å². The Hall–Kier alpha value is -2.29. The molecule has 0 saturated heterocycles. The molecule has 0 aliphatic rings. The van der Waals surface area contributed by atoms with Crippen LogP contribution in [0.5, 0.6) is 0 Å². The second-order valence-electron chi connectivity index (χ2n) is 5.02. The lowest BCUT2D eigenvalue weighted by Crippen LogP contribution is -2.34. The highest BCUT2D eigenvalue weighted by Gasteiger charge is 2.03. The Bertz CT molecular complexity index is 547. The highest BCUT2D eigenvalue weighted by molar-refractivity contribution is 5.81. The van der Waals surface area contributed by atoms with Crippen molar-refractivity contribution in [2.75, 3.05) is 11.9 Å². The Kier molecular flexibility index (Phi) is 4.77. The Balaban J connectivity index is 1.94. The third-order valence-corrected chi connectivity index (χ3v) is 2.89. The minimum atomic E-state index is 0.00661. The van der Waals surface area contributed by atoms with Gasteiger partial charge in [-0.15, -0.1) is 0 Å². The summed E-state index contributed by atoms with van der Waals surface area (Å²) < 4.78 is 0. The molecule has 2 N–H and O–H groups in total. The molecule has 0 radical (unpaired) electrons. The minimum Gasteiger partial charge on any atom is -0.376 e. The van der Waals surface area contributed by atoms with Crippen LogP contribution in [0.25, 0.3) is 11.1 Å². The first-order valence-corrected chi connectivity index (χ1v) is 6.84. The maximum Gasteiger partial charge on any atom is 0.239 e. The van der Waals surface area contributed by atoms with E-state index in [4.69, 9.17) is 0 Å². The van der Waals surface area contributed by atoms with Gasteiger partial charge in [0.1, 0.15) is 0 Å². The van der Waals surface area contributed by atoms with Crippen molar-refractivity contribution in [3.05, 3.63) is 54.6 Å². The van der Waals surface area contributed by atoms with E-state index < -0.39 is 0 Å². The molecule has 3 nitrogen and oxygen atoms in total. The molecule has 0 atom stereocenters. The van der Waals surface area contributed by atoms with Gasteiger partial charge in [0.25, 0.3) is 0 Å². The van der Waals surface area contributed by atoms with Crippen LogP contribution in [0.15, 0.2) is 54.6 Å². The van der Waals surface area contributed by atoms with Gasteiger partial charge in [0.15, 0.2) is 0 Å². The third kappa shape index (κ3) is 4.12. The molecule has 104 valence electrons. The van der Waals surface area contributed by atoms with Crippen LogP contribution in [-0.4, -0.2) is 18.5 Å². The van der Waals surface area contributed by atoms with Gasteiger partial charge < -0.3 is 10.6 Å². The average molecular weight is 268 g/mol. The SMILES string of the molecule is CC(C)NC(=O)CNc1ccc(-c2ccccc2)cc1. The molecule has 0 spiro atoms. The van der Waals surface area contributed by atoms with E-state index >= 15 is 0 Å². The summed E-state index contributed by atoms with van der Waals surface area (Å²) in [6, 6.07) is 18.5. The fourth-order valence-corrected chi connectivity index (χ4v) is 1.97. The number of hydrogen-bond donors (Lipinski definition) is 2. The van der Waals surface area contributed by atoms with Crippen molar-refractivity contribution in [1.82, 2.24) is 5.32 Å². The van der Waals surface area contributed by atoms with E-state index in [0.717, 1.165) is 5.69 Å². The van der Waals surface area contributed by atoms with Crippen LogP contribution in [0.2, 0.25) is 0 Å². The van der Waals surface area contributed by atoms with Gasteiger partial charge in [-0.25, -0.2) is 0 Å². The Morgan fingerprint density at radius 3 is 2.15 bits per heavy atom. The van der Waals surface area contributed by atoms with Gasteiger partial charge in [-0.1, -0.05) is 42.5 Å². The molecule has 20 heavy (non-hydrogen) atoms. The van der Waals surface area contributed by atoms with Crippen molar-refractivity contribution >= 4 is 11.6 Å². The Morgan fingerprint density at radius 2 is 1.55 bits per heavy atom. The standard InChI is InChI=1S/C17H20N2O/c1-13(2)19-17(20)12-18-16-10-8-15(9-11-16)14-6-4-3-5-7-14/h3-11,13,18H,12H2,1-2H3,(H,19,20). The zero-order valence-electron chi connectivity index (χ0n) is 11.9. The molecule has 0 saturated carbocycles. The molecule has 2 aromatic carbocycles. The molecule has 0 heterocycles. The highest BCUT2D eigenvalue weighted by atomic mass is 16.1. The minimum absolute atomic E-state index is 0.00661. The normalized spacial score (nSPS) is 10.3. The first-order chi connectivity index (χ1) is 9.65. The first kappa shape index (κ1) is 14.1. The molecular weight excluding hydrogens is 248 g/mol.